The Morgan fingerprint density at radius 1 is 1.15 bits per heavy atom. The molecule has 2 aromatic carbocycles. The summed E-state index contributed by atoms with van der Waals surface area (Å²) in [6, 6.07) is 14.3. The predicted octanol–water partition coefficient (Wildman–Crippen LogP) is 2.62. The van der Waals surface area contributed by atoms with Crippen molar-refractivity contribution < 1.29 is 18.3 Å². The molecular weight excluding hydrogens is 364 g/mol. The molecule has 3 N–H and O–H groups in total. The van der Waals surface area contributed by atoms with Crippen LogP contribution in [0.2, 0.25) is 0 Å². The zero-order chi connectivity index (χ0) is 20.1. The number of carbonyl (C=O) groups is 1. The van der Waals surface area contributed by atoms with E-state index in [4.69, 9.17) is 0 Å². The molecule has 1 amide bonds. The van der Waals surface area contributed by atoms with Crippen LogP contribution in [0.3, 0.4) is 0 Å². The van der Waals surface area contributed by atoms with Gasteiger partial charge in [0.15, 0.2) is 0 Å². The van der Waals surface area contributed by atoms with Gasteiger partial charge in [0.2, 0.25) is 15.9 Å². The van der Waals surface area contributed by atoms with Gasteiger partial charge in [0.25, 0.3) is 0 Å². The van der Waals surface area contributed by atoms with Gasteiger partial charge in [-0.3, -0.25) is 4.79 Å². The van der Waals surface area contributed by atoms with E-state index < -0.39 is 15.6 Å². The molecule has 2 rings (SSSR count). The minimum Gasteiger partial charge on any atom is -0.389 e. The second-order valence-electron chi connectivity index (χ2n) is 6.97. The van der Waals surface area contributed by atoms with Crippen LogP contribution in [-0.2, 0) is 21.2 Å². The Hall–Kier alpha value is -2.22. The van der Waals surface area contributed by atoms with Crippen LogP contribution < -0.4 is 10.0 Å². The Bertz CT molecular complexity index is 893. The molecule has 0 aliphatic carbocycles. The number of hydrogen-bond acceptors (Lipinski definition) is 4. The number of aliphatic hydroxyl groups is 1. The normalized spacial score (nSPS) is 13.8. The third-order valence-corrected chi connectivity index (χ3v) is 5.78. The van der Waals surface area contributed by atoms with E-state index in [1.807, 2.05) is 30.3 Å². The Kier molecular flexibility index (Phi) is 6.75. The highest BCUT2D eigenvalue weighted by Gasteiger charge is 2.25. The summed E-state index contributed by atoms with van der Waals surface area (Å²) >= 11 is 0. The summed E-state index contributed by atoms with van der Waals surface area (Å²) in [6.45, 7) is 4.58. The molecule has 27 heavy (non-hydrogen) atoms. The fourth-order valence-corrected chi connectivity index (χ4v) is 4.09. The number of amides is 1. The van der Waals surface area contributed by atoms with Crippen LogP contribution in [0, 0.1) is 6.92 Å². The van der Waals surface area contributed by atoms with Crippen LogP contribution >= 0.6 is 0 Å². The highest BCUT2D eigenvalue weighted by atomic mass is 32.2. The molecule has 0 radical (unpaired) electrons. The van der Waals surface area contributed by atoms with Crippen LogP contribution in [0.15, 0.2) is 53.4 Å². The standard InChI is InChI=1S/C20H26N2O4S/c1-15-13-18(22-16(2)23)9-10-19(15)27(25,26)21-14-20(3,24)12-11-17-7-5-4-6-8-17/h4-10,13,21,24H,11-12,14H2,1-3H3,(H,22,23). The third-order valence-electron chi connectivity index (χ3n) is 4.22. The first-order chi connectivity index (χ1) is 12.6. The quantitative estimate of drug-likeness (QED) is 0.646. The Labute approximate surface area is 160 Å². The first-order valence-electron chi connectivity index (χ1n) is 8.73. The van der Waals surface area contributed by atoms with E-state index in [-0.39, 0.29) is 17.3 Å². The first-order valence-corrected chi connectivity index (χ1v) is 10.2. The lowest BCUT2D eigenvalue weighted by Gasteiger charge is -2.24. The summed E-state index contributed by atoms with van der Waals surface area (Å²) in [6.07, 6.45) is 1.08. The Morgan fingerprint density at radius 2 is 1.81 bits per heavy atom. The van der Waals surface area contributed by atoms with E-state index in [9.17, 15) is 18.3 Å². The molecule has 1 atom stereocenters. The van der Waals surface area contributed by atoms with Gasteiger partial charge in [-0.05, 0) is 56.0 Å². The predicted molar refractivity (Wildman–Crippen MR) is 106 cm³/mol. The summed E-state index contributed by atoms with van der Waals surface area (Å²) in [5.41, 5.74) is 0.962. The molecule has 0 saturated carbocycles. The van der Waals surface area contributed by atoms with Gasteiger partial charge in [0.1, 0.15) is 0 Å². The summed E-state index contributed by atoms with van der Waals surface area (Å²) < 4.78 is 27.7. The molecule has 0 heterocycles. The van der Waals surface area contributed by atoms with E-state index in [2.05, 4.69) is 10.0 Å². The van der Waals surface area contributed by atoms with Crippen molar-refractivity contribution >= 4 is 21.6 Å². The number of benzene rings is 2. The zero-order valence-corrected chi connectivity index (χ0v) is 16.6. The van der Waals surface area contributed by atoms with Gasteiger partial charge in [-0.25, -0.2) is 13.1 Å². The maximum atomic E-state index is 12.6. The van der Waals surface area contributed by atoms with E-state index in [0.717, 1.165) is 5.56 Å². The molecule has 7 heteroatoms. The topological polar surface area (TPSA) is 95.5 Å². The molecule has 0 aliphatic heterocycles. The molecule has 0 bridgehead atoms. The Morgan fingerprint density at radius 3 is 2.41 bits per heavy atom. The number of anilines is 1. The first kappa shape index (κ1) is 21.1. The molecule has 0 saturated heterocycles. The van der Waals surface area contributed by atoms with Crippen LogP contribution in [0.5, 0.6) is 0 Å². The lowest BCUT2D eigenvalue weighted by molar-refractivity contribution is -0.114. The van der Waals surface area contributed by atoms with E-state index in [1.54, 1.807) is 19.9 Å². The van der Waals surface area contributed by atoms with Gasteiger partial charge in [-0.15, -0.1) is 0 Å². The fourth-order valence-electron chi connectivity index (χ4n) is 2.71. The number of hydrogen-bond donors (Lipinski definition) is 3. The molecule has 1 unspecified atom stereocenters. The second-order valence-corrected chi connectivity index (χ2v) is 8.70. The van der Waals surface area contributed by atoms with E-state index in [1.165, 1.54) is 19.1 Å². The molecule has 6 nitrogen and oxygen atoms in total. The third kappa shape index (κ3) is 6.46. The number of sulfonamides is 1. The smallest absolute Gasteiger partial charge is 0.240 e. The molecule has 0 fully saturated rings. The van der Waals surface area contributed by atoms with Crippen LogP contribution in [0.25, 0.3) is 0 Å². The SMILES string of the molecule is CC(=O)Nc1ccc(S(=O)(=O)NCC(C)(O)CCc2ccccc2)c(C)c1. The maximum Gasteiger partial charge on any atom is 0.240 e. The molecule has 0 spiro atoms. The highest BCUT2D eigenvalue weighted by molar-refractivity contribution is 7.89. The van der Waals surface area contributed by atoms with Crippen molar-refractivity contribution in [3.05, 3.63) is 59.7 Å². The molecule has 2 aromatic rings. The van der Waals surface area contributed by atoms with E-state index in [0.29, 0.717) is 24.1 Å². The minimum atomic E-state index is -3.78. The van der Waals surface area contributed by atoms with Gasteiger partial charge in [0.05, 0.1) is 10.5 Å². The molecule has 0 aliphatic rings. The van der Waals surface area contributed by atoms with Crippen molar-refractivity contribution in [1.82, 2.24) is 4.72 Å². The van der Waals surface area contributed by atoms with Crippen molar-refractivity contribution in [2.24, 2.45) is 0 Å². The van der Waals surface area contributed by atoms with Crippen molar-refractivity contribution in [3.63, 3.8) is 0 Å². The molecule has 0 aromatic heterocycles. The largest absolute Gasteiger partial charge is 0.389 e. The lowest BCUT2D eigenvalue weighted by atomic mass is 9.97. The maximum absolute atomic E-state index is 12.6. The number of rotatable bonds is 8. The van der Waals surface area contributed by atoms with Crippen LogP contribution in [0.4, 0.5) is 5.69 Å². The van der Waals surface area contributed by atoms with Crippen molar-refractivity contribution in [3.8, 4) is 0 Å². The summed E-state index contributed by atoms with van der Waals surface area (Å²) in [5.74, 6) is -0.224. The van der Waals surface area contributed by atoms with E-state index >= 15 is 0 Å². The summed E-state index contributed by atoms with van der Waals surface area (Å²) in [5, 5.41) is 13.1. The van der Waals surface area contributed by atoms with Gasteiger partial charge >= 0.3 is 0 Å². The Balaban J connectivity index is 2.01. The number of aryl methyl sites for hydroxylation is 2. The number of carbonyl (C=O) groups excluding carboxylic acids is 1. The second kappa shape index (κ2) is 8.65. The molecule has 146 valence electrons. The summed E-state index contributed by atoms with van der Waals surface area (Å²) in [4.78, 5) is 11.2. The van der Waals surface area contributed by atoms with Gasteiger partial charge < -0.3 is 10.4 Å². The monoisotopic (exact) mass is 390 g/mol. The van der Waals surface area contributed by atoms with Crippen LogP contribution in [0.1, 0.15) is 31.4 Å². The average molecular weight is 391 g/mol. The lowest BCUT2D eigenvalue weighted by Crippen LogP contribution is -2.41. The number of nitrogens with one attached hydrogen (secondary N) is 2. The van der Waals surface area contributed by atoms with Gasteiger partial charge in [-0.1, -0.05) is 30.3 Å². The minimum absolute atomic E-state index is 0.0882. The van der Waals surface area contributed by atoms with Crippen molar-refractivity contribution in [2.45, 2.75) is 44.1 Å². The van der Waals surface area contributed by atoms with Gasteiger partial charge in [-0.2, -0.15) is 0 Å². The van der Waals surface area contributed by atoms with Crippen molar-refractivity contribution in [1.29, 1.82) is 0 Å². The zero-order valence-electron chi connectivity index (χ0n) is 15.8. The van der Waals surface area contributed by atoms with Crippen LogP contribution in [-0.4, -0.2) is 31.6 Å². The summed E-state index contributed by atoms with van der Waals surface area (Å²) in [7, 11) is -3.78. The molecular formula is C20H26N2O4S. The van der Waals surface area contributed by atoms with Crippen molar-refractivity contribution in [2.75, 3.05) is 11.9 Å². The fraction of sp³-hybridized carbons (Fsp3) is 0.350. The highest BCUT2D eigenvalue weighted by Crippen LogP contribution is 2.21. The average Bonchev–Trinajstić information content (AvgIpc) is 2.59. The van der Waals surface area contributed by atoms with Gasteiger partial charge in [0, 0.05) is 19.2 Å².